The average Bonchev–Trinajstić information content (AvgIpc) is 2.62. The monoisotopic (exact) mass is 400 g/mol. The van der Waals surface area contributed by atoms with Crippen LogP contribution in [0.2, 0.25) is 5.02 Å². The van der Waals surface area contributed by atoms with Crippen LogP contribution in [0.4, 0.5) is 24.8 Å². The van der Waals surface area contributed by atoms with Crippen LogP contribution >= 0.6 is 11.6 Å². The fraction of sp³-hybridized carbons (Fsp3) is 0.353. The second-order valence-corrected chi connectivity index (χ2v) is 6.39. The van der Waals surface area contributed by atoms with Crippen LogP contribution in [-0.4, -0.2) is 35.1 Å². The van der Waals surface area contributed by atoms with Gasteiger partial charge in [0, 0.05) is 36.2 Å². The van der Waals surface area contributed by atoms with E-state index in [1.165, 1.54) is 6.07 Å². The highest BCUT2D eigenvalue weighted by Gasteiger charge is 2.38. The van der Waals surface area contributed by atoms with E-state index < -0.39 is 23.3 Å². The van der Waals surface area contributed by atoms with Crippen LogP contribution in [-0.2, 0) is 10.9 Å². The Hall–Kier alpha value is -2.39. The van der Waals surface area contributed by atoms with Gasteiger partial charge in [0.05, 0.1) is 5.56 Å². The lowest BCUT2D eigenvalue weighted by molar-refractivity contribution is -0.141. The topological polar surface area (TPSA) is 76.1 Å². The van der Waals surface area contributed by atoms with E-state index in [0.717, 1.165) is 6.20 Å². The Labute approximate surface area is 158 Å². The number of alkyl halides is 3. The fourth-order valence-electron chi connectivity index (χ4n) is 2.62. The predicted octanol–water partition coefficient (Wildman–Crippen LogP) is 3.80. The maximum absolute atomic E-state index is 13.4. The zero-order valence-electron chi connectivity index (χ0n) is 14.0. The summed E-state index contributed by atoms with van der Waals surface area (Å²) in [5.41, 5.74) is -1.49. The van der Waals surface area contributed by atoms with Gasteiger partial charge in [-0.25, -0.2) is 9.97 Å². The largest absolute Gasteiger partial charge is 0.434 e. The number of rotatable bonds is 4. The molecule has 27 heavy (non-hydrogen) atoms. The number of halogens is 4. The minimum Gasteiger partial charge on any atom is -0.381 e. The number of amides is 1. The zero-order chi connectivity index (χ0) is 19.4. The Morgan fingerprint density at radius 1 is 1.26 bits per heavy atom. The van der Waals surface area contributed by atoms with Crippen molar-refractivity contribution in [3.8, 4) is 0 Å². The number of nitrogens with zero attached hydrogens (tertiary/aromatic N) is 2. The van der Waals surface area contributed by atoms with Crippen LogP contribution < -0.4 is 10.6 Å². The van der Waals surface area contributed by atoms with Crippen molar-refractivity contribution in [3.63, 3.8) is 0 Å². The number of carbonyl (C=O) groups excluding carboxylic acids is 1. The number of hydrogen-bond acceptors (Lipinski definition) is 5. The first-order valence-corrected chi connectivity index (χ1v) is 8.56. The molecule has 1 fully saturated rings. The van der Waals surface area contributed by atoms with Gasteiger partial charge in [-0.3, -0.25) is 4.79 Å². The minimum atomic E-state index is -4.81. The van der Waals surface area contributed by atoms with Crippen LogP contribution in [0.25, 0.3) is 0 Å². The molecular formula is C17H16ClF3N4O2. The first-order valence-electron chi connectivity index (χ1n) is 8.18. The Morgan fingerprint density at radius 2 is 2.00 bits per heavy atom. The molecule has 3 rings (SSSR count). The van der Waals surface area contributed by atoms with Crippen LogP contribution in [0.3, 0.4) is 0 Å². The Bertz CT molecular complexity index is 826. The highest BCUT2D eigenvalue weighted by atomic mass is 35.5. The lowest BCUT2D eigenvalue weighted by atomic mass is 10.1. The van der Waals surface area contributed by atoms with Crippen molar-refractivity contribution in [1.29, 1.82) is 0 Å². The molecule has 0 aliphatic carbocycles. The molecule has 0 unspecified atom stereocenters. The van der Waals surface area contributed by atoms with Gasteiger partial charge in [0.1, 0.15) is 0 Å². The van der Waals surface area contributed by atoms with Crippen molar-refractivity contribution in [3.05, 3.63) is 46.7 Å². The number of benzene rings is 1. The number of carbonyl (C=O) groups is 1. The van der Waals surface area contributed by atoms with Crippen LogP contribution in [0.1, 0.15) is 28.9 Å². The van der Waals surface area contributed by atoms with Crippen molar-refractivity contribution in [2.75, 3.05) is 18.5 Å². The molecule has 2 N–H and O–H groups in total. The molecule has 1 aliphatic heterocycles. The number of nitrogens with one attached hydrogen (secondary N) is 2. The van der Waals surface area contributed by atoms with Crippen molar-refractivity contribution >= 4 is 29.1 Å². The van der Waals surface area contributed by atoms with Gasteiger partial charge in [-0.05, 0) is 31.0 Å². The van der Waals surface area contributed by atoms with Crippen LogP contribution in [0.15, 0.2) is 30.5 Å². The summed E-state index contributed by atoms with van der Waals surface area (Å²) in [5.74, 6) is -1.14. The second-order valence-electron chi connectivity index (χ2n) is 5.95. The maximum Gasteiger partial charge on any atom is 0.434 e. The molecule has 1 aromatic heterocycles. The van der Waals surface area contributed by atoms with Crippen molar-refractivity contribution in [2.24, 2.45) is 0 Å². The van der Waals surface area contributed by atoms with Gasteiger partial charge in [-0.15, -0.1) is 0 Å². The third kappa shape index (κ3) is 5.08. The summed E-state index contributed by atoms with van der Waals surface area (Å²) < 4.78 is 45.5. The molecule has 144 valence electrons. The summed E-state index contributed by atoms with van der Waals surface area (Å²) in [6.07, 6.45) is -2.85. The van der Waals surface area contributed by atoms with Gasteiger partial charge >= 0.3 is 6.18 Å². The van der Waals surface area contributed by atoms with E-state index >= 15 is 0 Å². The first-order chi connectivity index (χ1) is 12.8. The third-order valence-corrected chi connectivity index (χ3v) is 4.17. The highest BCUT2D eigenvalue weighted by molar-refractivity contribution is 6.30. The fourth-order valence-corrected chi connectivity index (χ4v) is 2.81. The van der Waals surface area contributed by atoms with E-state index in [1.54, 1.807) is 18.2 Å². The van der Waals surface area contributed by atoms with Crippen LogP contribution in [0, 0.1) is 0 Å². The minimum absolute atomic E-state index is 0.239. The van der Waals surface area contributed by atoms with Crippen molar-refractivity contribution < 1.29 is 22.7 Å². The molecule has 0 radical (unpaired) electrons. The number of aromatic nitrogens is 2. The molecule has 2 heterocycles. The predicted molar refractivity (Wildman–Crippen MR) is 93.1 cm³/mol. The smallest absolute Gasteiger partial charge is 0.381 e. The highest BCUT2D eigenvalue weighted by Crippen LogP contribution is 2.31. The summed E-state index contributed by atoms with van der Waals surface area (Å²) in [5, 5.41) is 5.64. The lowest BCUT2D eigenvalue weighted by Gasteiger charge is -2.23. The van der Waals surface area contributed by atoms with Gasteiger partial charge in [0.15, 0.2) is 5.69 Å². The van der Waals surface area contributed by atoms with E-state index in [-0.39, 0.29) is 12.0 Å². The van der Waals surface area contributed by atoms with E-state index in [0.29, 0.717) is 36.8 Å². The zero-order valence-corrected chi connectivity index (χ0v) is 14.8. The number of ether oxygens (including phenoxy) is 1. The maximum atomic E-state index is 13.4. The SMILES string of the molecule is O=C(NC1CCOCC1)c1cnc(Nc2cccc(Cl)c2)nc1C(F)(F)F. The Morgan fingerprint density at radius 3 is 2.67 bits per heavy atom. The Kier molecular flexibility index (Phi) is 5.81. The quantitative estimate of drug-likeness (QED) is 0.816. The van der Waals surface area contributed by atoms with Gasteiger partial charge in [0.2, 0.25) is 5.95 Å². The molecular weight excluding hydrogens is 385 g/mol. The van der Waals surface area contributed by atoms with E-state index in [1.807, 2.05) is 0 Å². The summed E-state index contributed by atoms with van der Waals surface area (Å²) >= 11 is 5.85. The van der Waals surface area contributed by atoms with Gasteiger partial charge in [-0.1, -0.05) is 17.7 Å². The molecule has 0 bridgehead atoms. The number of hydrogen-bond donors (Lipinski definition) is 2. The normalized spacial score (nSPS) is 15.4. The molecule has 0 atom stereocenters. The second kappa shape index (κ2) is 8.10. The average molecular weight is 401 g/mol. The molecule has 1 aromatic carbocycles. The molecule has 6 nitrogen and oxygen atoms in total. The summed E-state index contributed by atoms with van der Waals surface area (Å²) in [6, 6.07) is 6.14. The molecule has 1 amide bonds. The molecule has 0 saturated carbocycles. The first kappa shape index (κ1) is 19.4. The summed E-state index contributed by atoms with van der Waals surface area (Å²) in [6.45, 7) is 0.909. The summed E-state index contributed by atoms with van der Waals surface area (Å²) in [7, 11) is 0. The van der Waals surface area contributed by atoms with E-state index in [4.69, 9.17) is 16.3 Å². The van der Waals surface area contributed by atoms with Crippen molar-refractivity contribution in [2.45, 2.75) is 25.1 Å². The van der Waals surface area contributed by atoms with Crippen molar-refractivity contribution in [1.82, 2.24) is 15.3 Å². The Balaban J connectivity index is 1.84. The standard InChI is InChI=1S/C17H16ClF3N4O2/c18-10-2-1-3-12(8-10)24-16-22-9-13(14(25-16)17(19,20)21)15(26)23-11-4-6-27-7-5-11/h1-3,8-9,11H,4-7H2,(H,23,26)(H,22,24,25). The summed E-state index contributed by atoms with van der Waals surface area (Å²) in [4.78, 5) is 19.7. The van der Waals surface area contributed by atoms with Gasteiger partial charge < -0.3 is 15.4 Å². The van der Waals surface area contributed by atoms with Gasteiger partial charge in [0.25, 0.3) is 5.91 Å². The third-order valence-electron chi connectivity index (χ3n) is 3.94. The molecule has 0 spiro atoms. The number of anilines is 2. The molecule has 1 aliphatic rings. The van der Waals surface area contributed by atoms with Gasteiger partial charge in [-0.2, -0.15) is 13.2 Å². The van der Waals surface area contributed by atoms with Crippen LogP contribution in [0.5, 0.6) is 0 Å². The van der Waals surface area contributed by atoms with E-state index in [9.17, 15) is 18.0 Å². The van der Waals surface area contributed by atoms with E-state index in [2.05, 4.69) is 20.6 Å². The lowest BCUT2D eigenvalue weighted by Crippen LogP contribution is -2.39. The molecule has 2 aromatic rings. The molecule has 10 heteroatoms. The molecule has 1 saturated heterocycles.